The Morgan fingerprint density at radius 1 is 1.54 bits per heavy atom. The lowest BCUT2D eigenvalue weighted by atomic mass is 10.4. The van der Waals surface area contributed by atoms with Crippen LogP contribution in [-0.2, 0) is 13.6 Å². The van der Waals surface area contributed by atoms with E-state index in [2.05, 4.69) is 0 Å². The second kappa shape index (κ2) is 8.53. The van der Waals surface area contributed by atoms with Crippen molar-refractivity contribution in [1.82, 2.24) is 0 Å². The van der Waals surface area contributed by atoms with Gasteiger partial charge in [-0.1, -0.05) is 13.3 Å². The molecule has 0 aliphatic rings. The van der Waals surface area contributed by atoms with Crippen LogP contribution in [-0.4, -0.2) is 19.4 Å². The quantitative estimate of drug-likeness (QED) is 0.355. The van der Waals surface area contributed by atoms with Gasteiger partial charge in [0.25, 0.3) is 0 Å². The van der Waals surface area contributed by atoms with Crippen LogP contribution in [0.3, 0.4) is 0 Å². The number of rotatable bonds is 8. The molecule has 4 N–H and O–H groups in total. The third kappa shape index (κ3) is 8.28. The largest absolute Gasteiger partial charge is 0.699 e. The molecule has 0 radical (unpaired) electrons. The molecule has 0 saturated carbocycles. The van der Waals surface area contributed by atoms with Gasteiger partial charge in [-0.25, -0.2) is 0 Å². The second-order valence-electron chi connectivity index (χ2n) is 2.63. The Morgan fingerprint density at radius 2 is 2.23 bits per heavy atom. The topological polar surface area (TPSA) is 87.6 Å². The molecule has 78 valence electrons. The molecule has 0 aromatic heterocycles. The van der Waals surface area contributed by atoms with E-state index in [4.69, 9.17) is 20.5 Å². The predicted molar refractivity (Wildman–Crippen MR) is 51.2 cm³/mol. The number of hydrogen-bond donors (Lipinski definition) is 2. The molecule has 0 saturated heterocycles. The van der Waals surface area contributed by atoms with E-state index in [1.807, 2.05) is 6.92 Å². The standard InChI is InChI=1S/C7H18N2O3P/c1-2-3-6-11-13(10)12-7(9)4-5-8/h7H,2-6,8-9H2,1H3/q+1. The Kier molecular flexibility index (Phi) is 8.49. The summed E-state index contributed by atoms with van der Waals surface area (Å²) in [5, 5.41) is 0. The van der Waals surface area contributed by atoms with Gasteiger partial charge in [-0.2, -0.15) is 0 Å². The number of nitrogens with two attached hydrogens (primary N) is 2. The van der Waals surface area contributed by atoms with Crippen molar-refractivity contribution < 1.29 is 13.6 Å². The minimum absolute atomic E-state index is 0.416. The predicted octanol–water partition coefficient (Wildman–Crippen LogP) is 1.11. The smallest absolute Gasteiger partial charge is 0.330 e. The SMILES string of the molecule is CCCCO[P+](=O)OC(N)CCN. The molecule has 0 fully saturated rings. The van der Waals surface area contributed by atoms with Crippen molar-refractivity contribution in [3.63, 3.8) is 0 Å². The first kappa shape index (κ1) is 12.9. The molecule has 0 rings (SSSR count). The van der Waals surface area contributed by atoms with Crippen molar-refractivity contribution >= 4 is 8.25 Å². The van der Waals surface area contributed by atoms with Gasteiger partial charge in [-0.15, -0.1) is 9.05 Å². The van der Waals surface area contributed by atoms with Gasteiger partial charge in [0.15, 0.2) is 6.23 Å². The fourth-order valence-electron chi connectivity index (χ4n) is 0.641. The van der Waals surface area contributed by atoms with Gasteiger partial charge in [0.05, 0.1) is 0 Å². The van der Waals surface area contributed by atoms with Crippen LogP contribution >= 0.6 is 8.25 Å². The molecular formula is C7H18N2O3P+. The van der Waals surface area contributed by atoms with E-state index >= 15 is 0 Å². The maximum absolute atomic E-state index is 11.0. The first-order chi connectivity index (χ1) is 6.20. The van der Waals surface area contributed by atoms with Gasteiger partial charge in [0, 0.05) is 11.0 Å². The molecule has 0 heterocycles. The lowest BCUT2D eigenvalue weighted by Gasteiger charge is -2.00. The zero-order chi connectivity index (χ0) is 10.1. The lowest BCUT2D eigenvalue weighted by molar-refractivity contribution is 0.161. The minimum atomic E-state index is -2.07. The van der Waals surface area contributed by atoms with E-state index in [1.165, 1.54) is 0 Å². The van der Waals surface area contributed by atoms with E-state index < -0.39 is 14.5 Å². The van der Waals surface area contributed by atoms with Gasteiger partial charge >= 0.3 is 8.25 Å². The zero-order valence-corrected chi connectivity index (χ0v) is 8.83. The fraction of sp³-hybridized carbons (Fsp3) is 1.00. The van der Waals surface area contributed by atoms with Crippen molar-refractivity contribution in [2.75, 3.05) is 13.2 Å². The lowest BCUT2D eigenvalue weighted by Crippen LogP contribution is -2.24. The van der Waals surface area contributed by atoms with Gasteiger partial charge in [-0.05, 0) is 13.0 Å². The maximum Gasteiger partial charge on any atom is 0.699 e. The van der Waals surface area contributed by atoms with E-state index in [9.17, 15) is 4.57 Å². The van der Waals surface area contributed by atoms with Gasteiger partial charge < -0.3 is 11.5 Å². The summed E-state index contributed by atoms with van der Waals surface area (Å²) in [5.74, 6) is 0. The van der Waals surface area contributed by atoms with Crippen LogP contribution in [0.1, 0.15) is 26.2 Å². The molecule has 0 amide bonds. The summed E-state index contributed by atoms with van der Waals surface area (Å²) < 4.78 is 20.7. The molecule has 0 aliphatic carbocycles. The van der Waals surface area contributed by atoms with Crippen LogP contribution in [0, 0.1) is 0 Å². The summed E-state index contributed by atoms with van der Waals surface area (Å²) in [6.45, 7) is 2.89. The summed E-state index contributed by atoms with van der Waals surface area (Å²) in [5.41, 5.74) is 10.7. The molecule has 5 nitrogen and oxygen atoms in total. The fourth-order valence-corrected chi connectivity index (χ4v) is 1.31. The Morgan fingerprint density at radius 3 is 2.77 bits per heavy atom. The van der Waals surface area contributed by atoms with Crippen LogP contribution in [0.4, 0.5) is 0 Å². The molecule has 0 spiro atoms. The molecule has 6 heteroatoms. The molecule has 2 unspecified atom stereocenters. The van der Waals surface area contributed by atoms with Crippen LogP contribution in [0.5, 0.6) is 0 Å². The summed E-state index contributed by atoms with van der Waals surface area (Å²) in [7, 11) is -2.07. The van der Waals surface area contributed by atoms with Gasteiger partial charge in [0.1, 0.15) is 6.61 Å². The zero-order valence-electron chi connectivity index (χ0n) is 7.94. The van der Waals surface area contributed by atoms with E-state index in [0.29, 0.717) is 19.6 Å². The van der Waals surface area contributed by atoms with E-state index in [-0.39, 0.29) is 0 Å². The third-order valence-electron chi connectivity index (χ3n) is 1.37. The third-order valence-corrected chi connectivity index (χ3v) is 2.20. The highest BCUT2D eigenvalue weighted by molar-refractivity contribution is 7.33. The highest BCUT2D eigenvalue weighted by Crippen LogP contribution is 2.25. The molecule has 0 bridgehead atoms. The highest BCUT2D eigenvalue weighted by Gasteiger charge is 2.23. The summed E-state index contributed by atoms with van der Waals surface area (Å²) in [6, 6.07) is 0. The molecule has 2 atom stereocenters. The molecule has 0 aliphatic heterocycles. The van der Waals surface area contributed by atoms with Crippen molar-refractivity contribution in [3.05, 3.63) is 0 Å². The normalized spacial score (nSPS) is 14.2. The summed E-state index contributed by atoms with van der Waals surface area (Å²) >= 11 is 0. The van der Waals surface area contributed by atoms with Crippen molar-refractivity contribution in [1.29, 1.82) is 0 Å². The second-order valence-corrected chi connectivity index (χ2v) is 3.55. The minimum Gasteiger partial charge on any atom is -0.330 e. The Balaban J connectivity index is 3.38. The summed E-state index contributed by atoms with van der Waals surface area (Å²) in [6.07, 6.45) is 1.77. The number of unbranched alkanes of at least 4 members (excludes halogenated alkanes) is 1. The molecule has 0 aromatic carbocycles. The van der Waals surface area contributed by atoms with E-state index in [1.54, 1.807) is 0 Å². The van der Waals surface area contributed by atoms with Gasteiger partial charge in [0.2, 0.25) is 0 Å². The summed E-state index contributed by atoms with van der Waals surface area (Å²) in [4.78, 5) is 0. The Hall–Kier alpha value is -0.0600. The monoisotopic (exact) mass is 209 g/mol. The van der Waals surface area contributed by atoms with Crippen LogP contribution in [0.25, 0.3) is 0 Å². The van der Waals surface area contributed by atoms with Crippen molar-refractivity contribution in [2.24, 2.45) is 11.5 Å². The number of hydrogen-bond acceptors (Lipinski definition) is 5. The van der Waals surface area contributed by atoms with E-state index in [0.717, 1.165) is 12.8 Å². The maximum atomic E-state index is 11.0. The molecule has 13 heavy (non-hydrogen) atoms. The Bertz CT molecular complexity index is 146. The molecular weight excluding hydrogens is 191 g/mol. The highest BCUT2D eigenvalue weighted by atomic mass is 31.1. The Labute approximate surface area is 79.7 Å². The first-order valence-electron chi connectivity index (χ1n) is 4.43. The van der Waals surface area contributed by atoms with Crippen LogP contribution in [0.2, 0.25) is 0 Å². The van der Waals surface area contributed by atoms with Crippen molar-refractivity contribution in [2.45, 2.75) is 32.4 Å². The van der Waals surface area contributed by atoms with Crippen LogP contribution < -0.4 is 11.5 Å². The van der Waals surface area contributed by atoms with Crippen LogP contribution in [0.15, 0.2) is 0 Å². The molecule has 0 aromatic rings. The average Bonchev–Trinajstić information content (AvgIpc) is 2.05. The first-order valence-corrected chi connectivity index (χ1v) is 5.52. The van der Waals surface area contributed by atoms with Crippen molar-refractivity contribution in [3.8, 4) is 0 Å². The van der Waals surface area contributed by atoms with Gasteiger partial charge in [-0.3, -0.25) is 0 Å². The average molecular weight is 209 g/mol.